The lowest BCUT2D eigenvalue weighted by Gasteiger charge is -2.54. The minimum atomic E-state index is -0.971. The Morgan fingerprint density at radius 3 is 2.41 bits per heavy atom. The topological polar surface area (TPSA) is 101 Å². The summed E-state index contributed by atoms with van der Waals surface area (Å²) >= 11 is 0. The number of carbonyl (C=O) groups is 3. The number of nitrogens with two attached hydrogens (primary N) is 1. The Morgan fingerprint density at radius 1 is 1.41 bits per heavy atom. The predicted octanol–water partition coefficient (Wildman–Crippen LogP) is 0.609. The summed E-state index contributed by atoms with van der Waals surface area (Å²) in [5, 5.41) is 9.66. The van der Waals surface area contributed by atoms with Gasteiger partial charge in [0.2, 0.25) is 11.8 Å². The van der Waals surface area contributed by atoms with Gasteiger partial charge in [-0.3, -0.25) is 14.4 Å². The van der Waals surface area contributed by atoms with Crippen LogP contribution >= 0.6 is 0 Å². The maximum absolute atomic E-state index is 12.5. The van der Waals surface area contributed by atoms with Crippen molar-refractivity contribution in [3.63, 3.8) is 0 Å². The molecule has 2 atom stereocenters. The molecule has 3 N–H and O–H groups in total. The molecule has 0 bridgehead atoms. The van der Waals surface area contributed by atoms with E-state index in [0.717, 1.165) is 19.3 Å². The van der Waals surface area contributed by atoms with Gasteiger partial charge in [-0.2, -0.15) is 0 Å². The second kappa shape index (κ2) is 6.36. The first kappa shape index (κ1) is 16.9. The highest BCUT2D eigenvalue weighted by molar-refractivity contribution is 5.94. The minimum Gasteiger partial charge on any atom is -0.391 e. The fourth-order valence-electron chi connectivity index (χ4n) is 3.87. The van der Waals surface area contributed by atoms with E-state index in [4.69, 9.17) is 5.73 Å². The number of carbonyl (C=O) groups excluding carboxylic acids is 3. The van der Waals surface area contributed by atoms with Gasteiger partial charge in [0.05, 0.1) is 11.5 Å². The second-order valence-corrected chi connectivity index (χ2v) is 6.79. The van der Waals surface area contributed by atoms with Crippen LogP contribution in [0.25, 0.3) is 0 Å². The summed E-state index contributed by atoms with van der Waals surface area (Å²) in [6, 6.07) is -0.947. The maximum atomic E-state index is 12.5. The predicted molar refractivity (Wildman–Crippen MR) is 80.7 cm³/mol. The summed E-state index contributed by atoms with van der Waals surface area (Å²) < 4.78 is 0. The van der Waals surface area contributed by atoms with E-state index >= 15 is 0 Å². The highest BCUT2D eigenvalue weighted by atomic mass is 16.3. The molecule has 0 radical (unpaired) electrons. The standard InChI is InChI=1S/C16H26N2O4/c1-3-4-12(20)11-5-7-16(8-6-11)9-18(15(16)22)13(10(2)19)14(17)21/h10-11,13,19H,3-9H2,1-2H3,(H2,17,21)/t10-,11?,13+,16?/m1/s1. The van der Waals surface area contributed by atoms with Crippen LogP contribution in [0.2, 0.25) is 0 Å². The van der Waals surface area contributed by atoms with Crippen LogP contribution in [0, 0.1) is 11.3 Å². The molecule has 0 unspecified atom stereocenters. The number of nitrogens with zero attached hydrogens (tertiary/aromatic N) is 1. The van der Waals surface area contributed by atoms with Crippen LogP contribution in [-0.2, 0) is 14.4 Å². The molecule has 2 rings (SSSR count). The zero-order valence-electron chi connectivity index (χ0n) is 13.4. The molecule has 6 heteroatoms. The fraction of sp³-hybridized carbons (Fsp3) is 0.812. The molecular formula is C16H26N2O4. The SMILES string of the molecule is CCCC(=O)C1CCC2(CC1)CN([C@H](C(N)=O)[C@@H](C)O)C2=O. The fourth-order valence-corrected chi connectivity index (χ4v) is 3.87. The molecule has 22 heavy (non-hydrogen) atoms. The van der Waals surface area contributed by atoms with Gasteiger partial charge in [-0.05, 0) is 39.0 Å². The van der Waals surface area contributed by atoms with Crippen LogP contribution in [0.15, 0.2) is 0 Å². The van der Waals surface area contributed by atoms with Crippen molar-refractivity contribution in [3.8, 4) is 0 Å². The van der Waals surface area contributed by atoms with Gasteiger partial charge in [-0.15, -0.1) is 0 Å². The first-order valence-corrected chi connectivity index (χ1v) is 8.13. The highest BCUT2D eigenvalue weighted by Gasteiger charge is 2.56. The van der Waals surface area contributed by atoms with Crippen molar-refractivity contribution in [1.82, 2.24) is 4.90 Å². The van der Waals surface area contributed by atoms with E-state index in [9.17, 15) is 19.5 Å². The molecule has 124 valence electrons. The first-order chi connectivity index (χ1) is 10.3. The Balaban J connectivity index is 1.96. The van der Waals surface area contributed by atoms with E-state index in [2.05, 4.69) is 0 Å². The van der Waals surface area contributed by atoms with E-state index in [1.807, 2.05) is 6.92 Å². The monoisotopic (exact) mass is 310 g/mol. The molecule has 1 aliphatic heterocycles. The van der Waals surface area contributed by atoms with Crippen molar-refractivity contribution >= 4 is 17.6 Å². The summed E-state index contributed by atoms with van der Waals surface area (Å²) in [5.74, 6) is -0.389. The number of aliphatic hydroxyl groups is 1. The van der Waals surface area contributed by atoms with Gasteiger partial charge in [0, 0.05) is 18.9 Å². The van der Waals surface area contributed by atoms with E-state index in [1.54, 1.807) is 0 Å². The van der Waals surface area contributed by atoms with Crippen LogP contribution in [0.1, 0.15) is 52.4 Å². The molecule has 1 spiro atoms. The number of Topliss-reactive ketones (excluding diaryl/α,β-unsaturated/α-hetero) is 1. The Morgan fingerprint density at radius 2 is 2.00 bits per heavy atom. The van der Waals surface area contributed by atoms with Gasteiger partial charge in [0.1, 0.15) is 11.8 Å². The molecule has 6 nitrogen and oxygen atoms in total. The van der Waals surface area contributed by atoms with E-state index in [1.165, 1.54) is 11.8 Å². The van der Waals surface area contributed by atoms with E-state index < -0.39 is 23.5 Å². The number of likely N-dealkylation sites (tertiary alicyclic amines) is 1. The van der Waals surface area contributed by atoms with Crippen LogP contribution in [0.4, 0.5) is 0 Å². The molecule has 2 fully saturated rings. The highest BCUT2D eigenvalue weighted by Crippen LogP contribution is 2.47. The van der Waals surface area contributed by atoms with Gasteiger partial charge >= 0.3 is 0 Å². The molecule has 0 aromatic heterocycles. The van der Waals surface area contributed by atoms with Crippen molar-refractivity contribution in [1.29, 1.82) is 0 Å². The van der Waals surface area contributed by atoms with Crippen LogP contribution in [-0.4, -0.2) is 46.3 Å². The van der Waals surface area contributed by atoms with Crippen LogP contribution in [0.3, 0.4) is 0 Å². The maximum Gasteiger partial charge on any atom is 0.242 e. The molecule has 0 aromatic carbocycles. The number of ketones is 1. The molecule has 1 saturated heterocycles. The molecule has 1 saturated carbocycles. The van der Waals surface area contributed by atoms with Gasteiger partial charge < -0.3 is 15.7 Å². The molecule has 0 aromatic rings. The summed E-state index contributed by atoms with van der Waals surface area (Å²) in [5.41, 5.74) is 4.85. The average molecular weight is 310 g/mol. The van der Waals surface area contributed by atoms with Gasteiger partial charge in [-0.1, -0.05) is 6.92 Å². The third-order valence-electron chi connectivity index (χ3n) is 5.17. The third-order valence-corrected chi connectivity index (χ3v) is 5.17. The van der Waals surface area contributed by atoms with Crippen molar-refractivity contribution in [2.75, 3.05) is 6.54 Å². The Labute approximate surface area is 131 Å². The third kappa shape index (κ3) is 2.89. The number of hydrogen-bond acceptors (Lipinski definition) is 4. The number of hydrogen-bond donors (Lipinski definition) is 2. The minimum absolute atomic E-state index is 0.0797. The Bertz CT molecular complexity index is 467. The lowest BCUT2D eigenvalue weighted by molar-refractivity contribution is -0.176. The van der Waals surface area contributed by atoms with Crippen molar-refractivity contribution in [2.45, 2.75) is 64.5 Å². The molecule has 1 aliphatic carbocycles. The number of primary amides is 1. The first-order valence-electron chi connectivity index (χ1n) is 8.13. The molecular weight excluding hydrogens is 284 g/mol. The number of aliphatic hydroxyl groups excluding tert-OH is 1. The summed E-state index contributed by atoms with van der Waals surface area (Å²) in [6.45, 7) is 3.92. The summed E-state index contributed by atoms with van der Waals surface area (Å²) in [6.07, 6.45) is 3.37. The van der Waals surface area contributed by atoms with Gasteiger partial charge in [0.25, 0.3) is 0 Å². The number of amides is 2. The molecule has 2 amide bonds. The number of rotatable bonds is 6. The number of β-lactam (4-membered cyclic amide) rings is 1. The molecule has 2 aliphatic rings. The largest absolute Gasteiger partial charge is 0.391 e. The quantitative estimate of drug-likeness (QED) is 0.702. The normalized spacial score (nSPS) is 30.8. The average Bonchev–Trinajstić information content (AvgIpc) is 2.46. The zero-order valence-corrected chi connectivity index (χ0v) is 13.4. The smallest absolute Gasteiger partial charge is 0.242 e. The summed E-state index contributed by atoms with van der Waals surface area (Å²) in [7, 11) is 0. The Kier molecular flexibility index (Phi) is 4.90. The second-order valence-electron chi connectivity index (χ2n) is 6.79. The van der Waals surface area contributed by atoms with Gasteiger partial charge in [0.15, 0.2) is 0 Å². The lowest BCUT2D eigenvalue weighted by Crippen LogP contribution is -2.69. The van der Waals surface area contributed by atoms with Crippen LogP contribution in [0.5, 0.6) is 0 Å². The van der Waals surface area contributed by atoms with E-state index in [0.29, 0.717) is 31.6 Å². The van der Waals surface area contributed by atoms with Gasteiger partial charge in [-0.25, -0.2) is 0 Å². The van der Waals surface area contributed by atoms with Crippen LogP contribution < -0.4 is 5.73 Å². The Hall–Kier alpha value is -1.43. The van der Waals surface area contributed by atoms with Crippen molar-refractivity contribution in [2.24, 2.45) is 17.1 Å². The van der Waals surface area contributed by atoms with Crippen molar-refractivity contribution in [3.05, 3.63) is 0 Å². The van der Waals surface area contributed by atoms with E-state index in [-0.39, 0.29) is 11.8 Å². The zero-order chi connectivity index (χ0) is 16.5. The molecule has 1 heterocycles. The van der Waals surface area contributed by atoms with Crippen molar-refractivity contribution < 1.29 is 19.5 Å². The lowest BCUT2D eigenvalue weighted by atomic mass is 9.64. The summed E-state index contributed by atoms with van der Waals surface area (Å²) in [4.78, 5) is 37.3.